The lowest BCUT2D eigenvalue weighted by Gasteiger charge is -2.42. The van der Waals surface area contributed by atoms with Crippen molar-refractivity contribution in [2.45, 2.75) is 45.9 Å². The summed E-state index contributed by atoms with van der Waals surface area (Å²) in [7, 11) is 0. The summed E-state index contributed by atoms with van der Waals surface area (Å²) in [6, 6.07) is 10.1. The van der Waals surface area contributed by atoms with Gasteiger partial charge in [-0.3, -0.25) is 14.5 Å². The summed E-state index contributed by atoms with van der Waals surface area (Å²) in [5, 5.41) is 16.5. The maximum atomic E-state index is 12.6. The average Bonchev–Trinajstić information content (AvgIpc) is 2.78. The Kier molecular flexibility index (Phi) is 7.13. The third kappa shape index (κ3) is 5.90. The number of fused-ring (bicyclic) bond motifs is 1. The number of likely N-dealkylation sites (tertiary alicyclic amines) is 1. The van der Waals surface area contributed by atoms with Crippen molar-refractivity contribution in [2.24, 2.45) is 5.41 Å². The molecule has 0 radical (unpaired) electrons. The molecule has 2 amide bonds. The number of β-amino-alcohol motifs (C(OH)–C–C–N with tert-alkyl or cyclic N) is 1. The van der Waals surface area contributed by atoms with Crippen molar-refractivity contribution in [3.8, 4) is 0 Å². The quantitative estimate of drug-likeness (QED) is 0.564. The number of hydrogen-bond donors (Lipinski definition) is 3. The summed E-state index contributed by atoms with van der Waals surface area (Å²) in [6.45, 7) is 9.29. The van der Waals surface area contributed by atoms with Crippen molar-refractivity contribution in [2.75, 3.05) is 38.0 Å². The molecule has 2 aromatic rings. The molecule has 182 valence electrons. The molecule has 0 saturated carbocycles. The minimum absolute atomic E-state index is 0.0913. The third-order valence-electron chi connectivity index (χ3n) is 6.24. The number of aliphatic hydroxyl groups is 1. The number of benzene rings is 1. The lowest BCUT2D eigenvalue weighted by atomic mass is 9.92. The predicted octanol–water partition coefficient (Wildman–Crippen LogP) is 1.29. The van der Waals surface area contributed by atoms with Crippen LogP contribution in [0.4, 0.5) is 5.82 Å². The zero-order chi connectivity index (χ0) is 24.3. The topological polar surface area (TPSA) is 111 Å². The van der Waals surface area contributed by atoms with Crippen LogP contribution in [0.25, 0.3) is 0 Å². The molecule has 3 N–H and O–H groups in total. The maximum absolute atomic E-state index is 12.6. The predicted molar refractivity (Wildman–Crippen MR) is 129 cm³/mol. The molecule has 0 bridgehead atoms. The highest BCUT2D eigenvalue weighted by molar-refractivity contribution is 5.92. The van der Waals surface area contributed by atoms with Crippen LogP contribution in [0.15, 0.2) is 36.7 Å². The Bertz CT molecular complexity index is 1030. The van der Waals surface area contributed by atoms with Crippen LogP contribution in [-0.2, 0) is 17.8 Å². The molecule has 0 aliphatic carbocycles. The van der Waals surface area contributed by atoms with E-state index in [9.17, 15) is 14.7 Å². The molecule has 9 nitrogen and oxygen atoms in total. The van der Waals surface area contributed by atoms with Gasteiger partial charge in [0.2, 0.25) is 5.91 Å². The fourth-order valence-corrected chi connectivity index (χ4v) is 4.35. The van der Waals surface area contributed by atoms with E-state index in [1.165, 1.54) is 17.5 Å². The molecule has 0 unspecified atom stereocenters. The fraction of sp³-hybridized carbons (Fsp3) is 0.520. The molecule has 1 atom stereocenters. The van der Waals surface area contributed by atoms with E-state index in [0.717, 1.165) is 19.5 Å². The Morgan fingerprint density at radius 3 is 2.65 bits per heavy atom. The van der Waals surface area contributed by atoms with Crippen LogP contribution in [0.2, 0.25) is 0 Å². The first-order chi connectivity index (χ1) is 16.2. The van der Waals surface area contributed by atoms with Gasteiger partial charge >= 0.3 is 0 Å². The van der Waals surface area contributed by atoms with E-state index in [-0.39, 0.29) is 30.1 Å². The van der Waals surface area contributed by atoms with Crippen molar-refractivity contribution in [3.63, 3.8) is 0 Å². The number of aliphatic hydroxyl groups excluding tert-OH is 1. The van der Waals surface area contributed by atoms with Gasteiger partial charge in [-0.25, -0.2) is 9.97 Å². The van der Waals surface area contributed by atoms with Gasteiger partial charge < -0.3 is 20.6 Å². The second kappa shape index (κ2) is 10.1. The number of nitrogens with one attached hydrogen (secondary N) is 2. The highest BCUT2D eigenvalue weighted by atomic mass is 16.3. The van der Waals surface area contributed by atoms with Gasteiger partial charge in [-0.05, 0) is 17.5 Å². The maximum Gasteiger partial charge on any atom is 0.270 e. The van der Waals surface area contributed by atoms with E-state index < -0.39 is 11.5 Å². The van der Waals surface area contributed by atoms with Crippen molar-refractivity contribution >= 4 is 17.6 Å². The minimum atomic E-state index is -0.671. The van der Waals surface area contributed by atoms with Gasteiger partial charge in [0, 0.05) is 50.7 Å². The van der Waals surface area contributed by atoms with Crippen molar-refractivity contribution in [1.82, 2.24) is 25.1 Å². The molecule has 3 heterocycles. The number of rotatable bonds is 7. The molecule has 1 aromatic carbocycles. The summed E-state index contributed by atoms with van der Waals surface area (Å²) in [6.07, 6.45) is 1.64. The Morgan fingerprint density at radius 1 is 1.18 bits per heavy atom. The Hall–Kier alpha value is -3.04. The fourth-order valence-electron chi connectivity index (χ4n) is 4.35. The SMILES string of the molecule is CC(C)(C)C(=O)N1CC(Nc2cc(C(=O)NC[C@H](O)CN3CCc4ccccc4C3)ncn2)C1. The third-order valence-corrected chi connectivity index (χ3v) is 6.24. The smallest absolute Gasteiger partial charge is 0.270 e. The van der Waals surface area contributed by atoms with E-state index in [4.69, 9.17) is 0 Å². The number of amides is 2. The average molecular weight is 467 g/mol. The van der Waals surface area contributed by atoms with Crippen LogP contribution >= 0.6 is 0 Å². The van der Waals surface area contributed by atoms with Crippen LogP contribution in [0.3, 0.4) is 0 Å². The highest BCUT2D eigenvalue weighted by Crippen LogP contribution is 2.23. The van der Waals surface area contributed by atoms with E-state index in [0.29, 0.717) is 25.5 Å². The molecular weight excluding hydrogens is 432 g/mol. The van der Waals surface area contributed by atoms with Gasteiger partial charge in [-0.2, -0.15) is 0 Å². The molecule has 1 aromatic heterocycles. The van der Waals surface area contributed by atoms with Crippen LogP contribution in [0.5, 0.6) is 0 Å². The molecule has 2 aliphatic heterocycles. The first-order valence-corrected chi connectivity index (χ1v) is 11.8. The minimum Gasteiger partial charge on any atom is -0.390 e. The van der Waals surface area contributed by atoms with Gasteiger partial charge in [0.25, 0.3) is 5.91 Å². The summed E-state index contributed by atoms with van der Waals surface area (Å²) in [4.78, 5) is 37.1. The summed E-state index contributed by atoms with van der Waals surface area (Å²) in [5.41, 5.74) is 2.50. The molecule has 9 heteroatoms. The van der Waals surface area contributed by atoms with Gasteiger partial charge in [0.05, 0.1) is 12.1 Å². The number of carbonyl (C=O) groups is 2. The number of hydrogen-bond acceptors (Lipinski definition) is 7. The van der Waals surface area contributed by atoms with E-state index in [2.05, 4.69) is 43.7 Å². The second-order valence-corrected chi connectivity index (χ2v) is 10.2. The number of anilines is 1. The van der Waals surface area contributed by atoms with Crippen LogP contribution < -0.4 is 10.6 Å². The van der Waals surface area contributed by atoms with Gasteiger partial charge in [0.15, 0.2) is 0 Å². The van der Waals surface area contributed by atoms with Crippen LogP contribution in [-0.4, -0.2) is 81.6 Å². The number of aromatic nitrogens is 2. The van der Waals surface area contributed by atoms with Crippen molar-refractivity contribution in [1.29, 1.82) is 0 Å². The lowest BCUT2D eigenvalue weighted by molar-refractivity contribution is -0.143. The summed E-state index contributed by atoms with van der Waals surface area (Å²) >= 11 is 0. The molecule has 0 spiro atoms. The highest BCUT2D eigenvalue weighted by Gasteiger charge is 2.36. The monoisotopic (exact) mass is 466 g/mol. The standard InChI is InChI=1S/C25H34N6O3/c1-25(2,3)24(34)31-13-19(14-31)29-22-10-21(27-16-28-22)23(33)26-11-20(32)15-30-9-8-17-6-4-5-7-18(17)12-30/h4-7,10,16,19-20,32H,8-9,11-15H2,1-3H3,(H,26,33)(H,27,28,29)/t20-/m0/s1. The number of nitrogens with zero attached hydrogens (tertiary/aromatic N) is 4. The molecule has 1 fully saturated rings. The molecule has 34 heavy (non-hydrogen) atoms. The zero-order valence-corrected chi connectivity index (χ0v) is 20.1. The lowest BCUT2D eigenvalue weighted by Crippen LogP contribution is -2.59. The molecule has 1 saturated heterocycles. The summed E-state index contributed by atoms with van der Waals surface area (Å²) < 4.78 is 0. The Labute approximate surface area is 200 Å². The van der Waals surface area contributed by atoms with E-state index >= 15 is 0 Å². The van der Waals surface area contributed by atoms with Gasteiger partial charge in [0.1, 0.15) is 17.8 Å². The van der Waals surface area contributed by atoms with Gasteiger partial charge in [-0.1, -0.05) is 45.0 Å². The Balaban J connectivity index is 1.22. The van der Waals surface area contributed by atoms with Gasteiger partial charge in [-0.15, -0.1) is 0 Å². The van der Waals surface area contributed by atoms with Crippen molar-refractivity contribution in [3.05, 3.63) is 53.5 Å². The Morgan fingerprint density at radius 2 is 1.91 bits per heavy atom. The molecule has 4 rings (SSSR count). The largest absolute Gasteiger partial charge is 0.390 e. The van der Waals surface area contributed by atoms with Crippen molar-refractivity contribution < 1.29 is 14.7 Å². The normalized spacial score (nSPS) is 17.5. The molecular formula is C25H34N6O3. The zero-order valence-electron chi connectivity index (χ0n) is 20.1. The summed E-state index contributed by atoms with van der Waals surface area (Å²) in [5.74, 6) is 0.313. The van der Waals surface area contributed by atoms with Crippen LogP contribution in [0.1, 0.15) is 42.4 Å². The first kappa shape index (κ1) is 24.1. The van der Waals surface area contributed by atoms with E-state index in [1.54, 1.807) is 6.07 Å². The molecule has 2 aliphatic rings. The van der Waals surface area contributed by atoms with E-state index in [1.807, 2.05) is 31.7 Å². The number of carbonyl (C=O) groups excluding carboxylic acids is 2. The first-order valence-electron chi connectivity index (χ1n) is 11.8. The van der Waals surface area contributed by atoms with Crippen LogP contribution in [0, 0.1) is 5.41 Å². The second-order valence-electron chi connectivity index (χ2n) is 10.2.